The van der Waals surface area contributed by atoms with E-state index in [2.05, 4.69) is 54.2 Å². The number of aliphatic hydroxyl groups is 2. The second kappa shape index (κ2) is 7.22. The molecule has 10 atom stereocenters. The van der Waals surface area contributed by atoms with Crippen LogP contribution in [0.4, 0.5) is 0 Å². The van der Waals surface area contributed by atoms with Crippen molar-refractivity contribution < 1.29 is 20.1 Å². The first kappa shape index (κ1) is 24.6. The molecule has 4 heteroatoms. The molecule has 0 amide bonds. The summed E-state index contributed by atoms with van der Waals surface area (Å²) in [6.07, 6.45) is 8.20. The van der Waals surface area contributed by atoms with Crippen molar-refractivity contribution in [3.05, 3.63) is 23.8 Å². The molecule has 0 radical (unpaired) electrons. The standard InChI is InChI=1S/C30H46O4/c1-17(2)18-10-13-30(25(33)34)15-14-28(6)19(23(18)30)8-9-22-27(5)16-20(31)24(32)26(3,4)21(27)11-12-29(22,28)7/h8,18,20-24,31-32H,1,9-16H2,2-7H3,(H,33,34). The van der Waals surface area contributed by atoms with E-state index in [0.29, 0.717) is 18.3 Å². The van der Waals surface area contributed by atoms with E-state index in [-0.39, 0.29) is 33.5 Å². The molecule has 4 nitrogen and oxygen atoms in total. The third kappa shape index (κ3) is 2.71. The normalized spacial score (nSPS) is 53.6. The second-order valence-electron chi connectivity index (χ2n) is 14.3. The Balaban J connectivity index is 1.63. The van der Waals surface area contributed by atoms with Gasteiger partial charge in [0.2, 0.25) is 0 Å². The van der Waals surface area contributed by atoms with Gasteiger partial charge in [-0.3, -0.25) is 4.79 Å². The Morgan fingerprint density at radius 2 is 1.68 bits per heavy atom. The molecule has 10 unspecified atom stereocenters. The van der Waals surface area contributed by atoms with Crippen LogP contribution in [0.15, 0.2) is 23.8 Å². The highest BCUT2D eigenvalue weighted by molar-refractivity contribution is 5.77. The highest BCUT2D eigenvalue weighted by Crippen LogP contribution is 2.76. The second-order valence-corrected chi connectivity index (χ2v) is 14.3. The summed E-state index contributed by atoms with van der Waals surface area (Å²) < 4.78 is 0. The van der Waals surface area contributed by atoms with Gasteiger partial charge in [0.15, 0.2) is 0 Å². The number of hydrogen-bond donors (Lipinski definition) is 3. The molecular formula is C30H46O4. The summed E-state index contributed by atoms with van der Waals surface area (Å²) in [7, 11) is 0. The van der Waals surface area contributed by atoms with E-state index in [1.807, 2.05) is 0 Å². The Hall–Kier alpha value is -1.13. The molecule has 34 heavy (non-hydrogen) atoms. The van der Waals surface area contributed by atoms with Gasteiger partial charge in [0, 0.05) is 5.92 Å². The smallest absolute Gasteiger partial charge is 0.310 e. The Morgan fingerprint density at radius 3 is 2.29 bits per heavy atom. The molecule has 0 aromatic rings. The average Bonchev–Trinajstić information content (AvgIpc) is 3.14. The maximum atomic E-state index is 12.7. The van der Waals surface area contributed by atoms with Gasteiger partial charge in [-0.15, -0.1) is 0 Å². The zero-order chi connectivity index (χ0) is 25.1. The topological polar surface area (TPSA) is 77.8 Å². The van der Waals surface area contributed by atoms with Crippen molar-refractivity contribution in [1.82, 2.24) is 0 Å². The molecule has 0 saturated heterocycles. The number of carboxylic acids is 1. The number of allylic oxidation sites excluding steroid dienone is 3. The third-order valence-corrected chi connectivity index (χ3v) is 12.8. The van der Waals surface area contributed by atoms with E-state index in [9.17, 15) is 20.1 Å². The maximum Gasteiger partial charge on any atom is 0.310 e. The minimum Gasteiger partial charge on any atom is -0.481 e. The summed E-state index contributed by atoms with van der Waals surface area (Å²) in [5.41, 5.74) is 1.53. The van der Waals surface area contributed by atoms with E-state index < -0.39 is 23.6 Å². The molecule has 0 bridgehead atoms. The summed E-state index contributed by atoms with van der Waals surface area (Å²) in [4.78, 5) is 12.7. The van der Waals surface area contributed by atoms with Gasteiger partial charge in [-0.1, -0.05) is 58.4 Å². The molecule has 190 valence electrons. The van der Waals surface area contributed by atoms with Crippen molar-refractivity contribution in [1.29, 1.82) is 0 Å². The van der Waals surface area contributed by atoms with Gasteiger partial charge in [0.1, 0.15) is 0 Å². The molecule has 0 aliphatic heterocycles. The van der Waals surface area contributed by atoms with Crippen LogP contribution in [0.5, 0.6) is 0 Å². The molecule has 4 saturated carbocycles. The lowest BCUT2D eigenvalue weighted by molar-refractivity contribution is -0.230. The molecule has 0 aromatic carbocycles. The van der Waals surface area contributed by atoms with Gasteiger partial charge >= 0.3 is 5.97 Å². The van der Waals surface area contributed by atoms with Crippen molar-refractivity contribution in [2.45, 2.75) is 105 Å². The molecule has 3 N–H and O–H groups in total. The van der Waals surface area contributed by atoms with E-state index in [4.69, 9.17) is 0 Å². The van der Waals surface area contributed by atoms with Crippen LogP contribution >= 0.6 is 0 Å². The van der Waals surface area contributed by atoms with Crippen molar-refractivity contribution in [3.8, 4) is 0 Å². The highest BCUT2D eigenvalue weighted by atomic mass is 16.4. The van der Waals surface area contributed by atoms with Crippen molar-refractivity contribution >= 4 is 5.97 Å². The number of hydrogen-bond acceptors (Lipinski definition) is 3. The number of fused-ring (bicyclic) bond motifs is 7. The summed E-state index contributed by atoms with van der Waals surface area (Å²) >= 11 is 0. The molecule has 4 fully saturated rings. The van der Waals surface area contributed by atoms with Crippen LogP contribution in [0, 0.1) is 50.7 Å². The lowest BCUT2D eigenvalue weighted by atomic mass is 9.34. The number of rotatable bonds is 2. The fourth-order valence-corrected chi connectivity index (χ4v) is 10.8. The first-order valence-corrected chi connectivity index (χ1v) is 13.6. The molecule has 5 aliphatic rings. The van der Waals surface area contributed by atoms with E-state index in [0.717, 1.165) is 50.5 Å². The molecular weight excluding hydrogens is 424 g/mol. The first-order valence-electron chi connectivity index (χ1n) is 13.6. The van der Waals surface area contributed by atoms with Gasteiger partial charge in [-0.25, -0.2) is 0 Å². The summed E-state index contributed by atoms with van der Waals surface area (Å²) in [5.74, 6) is 0.472. The number of aliphatic hydroxyl groups excluding tert-OH is 2. The van der Waals surface area contributed by atoms with Gasteiger partial charge in [0.25, 0.3) is 0 Å². The number of carboxylic acid groups (broad SMARTS) is 1. The summed E-state index contributed by atoms with van der Waals surface area (Å²) in [6.45, 7) is 18.0. The zero-order valence-electron chi connectivity index (χ0n) is 22.2. The molecule has 0 aromatic heterocycles. The van der Waals surface area contributed by atoms with Crippen molar-refractivity contribution in [2.75, 3.05) is 0 Å². The Kier molecular flexibility index (Phi) is 5.21. The van der Waals surface area contributed by atoms with Crippen LogP contribution in [0.2, 0.25) is 0 Å². The fraction of sp³-hybridized carbons (Fsp3) is 0.833. The third-order valence-electron chi connectivity index (χ3n) is 12.8. The Bertz CT molecular complexity index is 949. The molecule has 5 rings (SSSR count). The van der Waals surface area contributed by atoms with Gasteiger partial charge in [0.05, 0.1) is 17.6 Å². The Labute approximate surface area is 205 Å². The van der Waals surface area contributed by atoms with E-state index in [1.165, 1.54) is 5.57 Å². The van der Waals surface area contributed by atoms with Crippen molar-refractivity contribution in [3.63, 3.8) is 0 Å². The molecule has 0 heterocycles. The van der Waals surface area contributed by atoms with Crippen LogP contribution in [0.1, 0.15) is 92.9 Å². The summed E-state index contributed by atoms with van der Waals surface area (Å²) in [5, 5.41) is 32.3. The van der Waals surface area contributed by atoms with E-state index in [1.54, 1.807) is 0 Å². The van der Waals surface area contributed by atoms with Crippen molar-refractivity contribution in [2.24, 2.45) is 50.7 Å². The monoisotopic (exact) mass is 470 g/mol. The quantitative estimate of drug-likeness (QED) is 0.434. The van der Waals surface area contributed by atoms with Crippen LogP contribution in [0.25, 0.3) is 0 Å². The first-order chi connectivity index (χ1) is 15.7. The van der Waals surface area contributed by atoms with Gasteiger partial charge < -0.3 is 15.3 Å². The number of aliphatic carboxylic acids is 1. The maximum absolute atomic E-state index is 12.7. The SMILES string of the molecule is C=C(C)C1CCC2(C(=O)O)CCC3(C)C(=CCC4C5(C)CC(O)C(O)C(C)(C)C5CCC43C)C12. The lowest BCUT2D eigenvalue weighted by Crippen LogP contribution is -2.66. The predicted molar refractivity (Wildman–Crippen MR) is 134 cm³/mol. The predicted octanol–water partition coefficient (Wildman–Crippen LogP) is 5.98. The van der Waals surface area contributed by atoms with E-state index >= 15 is 0 Å². The Morgan fingerprint density at radius 1 is 1.00 bits per heavy atom. The molecule has 5 aliphatic carbocycles. The number of carbonyl (C=O) groups is 1. The van der Waals surface area contributed by atoms with Crippen LogP contribution in [0.3, 0.4) is 0 Å². The van der Waals surface area contributed by atoms with Gasteiger partial charge in [-0.2, -0.15) is 0 Å². The van der Waals surface area contributed by atoms with Crippen LogP contribution in [-0.4, -0.2) is 33.5 Å². The molecule has 0 spiro atoms. The zero-order valence-corrected chi connectivity index (χ0v) is 22.2. The van der Waals surface area contributed by atoms with Gasteiger partial charge in [-0.05, 0) is 97.7 Å². The fourth-order valence-electron chi connectivity index (χ4n) is 10.8. The largest absolute Gasteiger partial charge is 0.481 e. The summed E-state index contributed by atoms with van der Waals surface area (Å²) in [6, 6.07) is 0. The van der Waals surface area contributed by atoms with Crippen LogP contribution < -0.4 is 0 Å². The minimum absolute atomic E-state index is 0.0449. The average molecular weight is 471 g/mol. The minimum atomic E-state index is -0.689. The lowest BCUT2D eigenvalue weighted by Gasteiger charge is -2.70. The highest BCUT2D eigenvalue weighted by Gasteiger charge is 2.70. The van der Waals surface area contributed by atoms with Crippen LogP contribution in [-0.2, 0) is 4.79 Å².